The molecule has 1 aromatic rings. The van der Waals surface area contributed by atoms with Crippen molar-refractivity contribution >= 4 is 57.8 Å². The van der Waals surface area contributed by atoms with Gasteiger partial charge in [-0.25, -0.2) is 13.1 Å². The van der Waals surface area contributed by atoms with Crippen LogP contribution in [0.3, 0.4) is 0 Å². The predicted molar refractivity (Wildman–Crippen MR) is 89.4 cm³/mol. The molecule has 0 aliphatic carbocycles. The first kappa shape index (κ1) is 17.6. The van der Waals surface area contributed by atoms with Crippen molar-refractivity contribution in [3.63, 3.8) is 0 Å². The number of benzene rings is 1. The van der Waals surface area contributed by atoms with E-state index in [1.165, 1.54) is 0 Å². The van der Waals surface area contributed by atoms with Crippen LogP contribution in [0.4, 0.5) is 0 Å². The highest BCUT2D eigenvalue weighted by molar-refractivity contribution is 9.11. The van der Waals surface area contributed by atoms with Crippen molar-refractivity contribution in [2.75, 3.05) is 6.54 Å². The molecule has 0 fully saturated rings. The Balaban J connectivity index is 2.86. The summed E-state index contributed by atoms with van der Waals surface area (Å²) in [5, 5.41) is 0. The van der Waals surface area contributed by atoms with Crippen molar-refractivity contribution in [3.8, 4) is 0 Å². The summed E-state index contributed by atoms with van der Waals surface area (Å²) in [6, 6.07) is 3.41. The molecule has 0 saturated heterocycles. The summed E-state index contributed by atoms with van der Waals surface area (Å²) in [6.45, 7) is 4.39. The Morgan fingerprint density at radius 3 is 2.47 bits per heavy atom. The fourth-order valence-electron chi connectivity index (χ4n) is 1.47. The average molecular weight is 478 g/mol. The van der Waals surface area contributed by atoms with Gasteiger partial charge >= 0.3 is 0 Å². The van der Waals surface area contributed by atoms with Crippen molar-refractivity contribution in [1.82, 2.24) is 4.72 Å². The molecule has 0 saturated carbocycles. The van der Waals surface area contributed by atoms with Crippen molar-refractivity contribution in [1.29, 1.82) is 0 Å². The number of aryl methyl sites for hydroxylation is 1. The number of rotatable bonds is 6. The van der Waals surface area contributed by atoms with Crippen molar-refractivity contribution in [2.45, 2.75) is 36.4 Å². The van der Waals surface area contributed by atoms with Crippen LogP contribution in [0.2, 0.25) is 0 Å². The predicted octanol–water partition coefficient (Wildman–Crippen LogP) is 4.36. The molecule has 1 N–H and O–H groups in total. The first-order chi connectivity index (χ1) is 8.77. The molecule has 0 spiro atoms. The molecule has 3 nitrogen and oxygen atoms in total. The molecule has 0 radical (unpaired) electrons. The van der Waals surface area contributed by atoms with Crippen LogP contribution in [0.5, 0.6) is 0 Å². The van der Waals surface area contributed by atoms with Crippen LogP contribution in [0.1, 0.15) is 25.3 Å². The van der Waals surface area contributed by atoms with Crippen LogP contribution < -0.4 is 4.72 Å². The van der Waals surface area contributed by atoms with E-state index in [0.29, 0.717) is 15.8 Å². The van der Waals surface area contributed by atoms with Crippen LogP contribution in [0.25, 0.3) is 0 Å². The Labute approximate surface area is 140 Å². The normalized spacial score (nSPS) is 13.5. The monoisotopic (exact) mass is 475 g/mol. The van der Waals surface area contributed by atoms with Gasteiger partial charge in [0.2, 0.25) is 10.0 Å². The molecule has 1 atom stereocenters. The second-order valence-corrected chi connectivity index (χ2v) is 8.96. The van der Waals surface area contributed by atoms with Crippen molar-refractivity contribution < 1.29 is 8.42 Å². The highest BCUT2D eigenvalue weighted by Gasteiger charge is 2.18. The maximum atomic E-state index is 12.2. The van der Waals surface area contributed by atoms with Gasteiger partial charge in [0.05, 0.1) is 4.90 Å². The summed E-state index contributed by atoms with van der Waals surface area (Å²) in [5.41, 5.74) is 0.984. The topological polar surface area (TPSA) is 46.2 Å². The molecule has 108 valence electrons. The summed E-state index contributed by atoms with van der Waals surface area (Å²) in [4.78, 5) is 0.594. The molecule has 0 aliphatic rings. The fraction of sp³-hybridized carbons (Fsp3) is 0.500. The van der Waals surface area contributed by atoms with E-state index in [4.69, 9.17) is 0 Å². The summed E-state index contributed by atoms with van der Waals surface area (Å²) < 4.78 is 28.4. The Morgan fingerprint density at radius 2 is 1.89 bits per heavy atom. The minimum absolute atomic E-state index is 0.257. The van der Waals surface area contributed by atoms with Crippen LogP contribution in [-0.2, 0) is 10.0 Å². The Kier molecular flexibility index (Phi) is 6.99. The molecular weight excluding hydrogens is 462 g/mol. The van der Waals surface area contributed by atoms with Crippen LogP contribution >= 0.6 is 47.8 Å². The lowest BCUT2D eigenvalue weighted by Crippen LogP contribution is -2.26. The number of hydrogen-bond acceptors (Lipinski definition) is 2. The van der Waals surface area contributed by atoms with Gasteiger partial charge in [0.1, 0.15) is 0 Å². The molecule has 0 amide bonds. The third-order valence-electron chi connectivity index (χ3n) is 2.70. The number of halogens is 3. The second kappa shape index (κ2) is 7.54. The molecule has 7 heteroatoms. The first-order valence-electron chi connectivity index (χ1n) is 5.87. The van der Waals surface area contributed by atoms with Gasteiger partial charge in [0.25, 0.3) is 0 Å². The van der Waals surface area contributed by atoms with Crippen LogP contribution in [0, 0.1) is 6.92 Å². The molecule has 0 aromatic heterocycles. The van der Waals surface area contributed by atoms with E-state index in [9.17, 15) is 8.42 Å². The molecule has 0 heterocycles. The Hall–Kier alpha value is 0.570. The summed E-state index contributed by atoms with van der Waals surface area (Å²) >= 11 is 10.1. The highest BCUT2D eigenvalue weighted by atomic mass is 79.9. The standard InChI is InChI=1S/C12H16Br3NO2S/c1-3-9(13)4-5-16-19(17,18)12-7-10(14)8(2)6-11(12)15/h6-7,9,16H,3-5H2,1-2H3. The van der Waals surface area contributed by atoms with Crippen LogP contribution in [0.15, 0.2) is 26.0 Å². The minimum atomic E-state index is -3.48. The van der Waals surface area contributed by atoms with Gasteiger partial charge in [-0.15, -0.1) is 0 Å². The zero-order valence-corrected chi connectivity index (χ0v) is 16.3. The van der Waals surface area contributed by atoms with Gasteiger partial charge in [0.15, 0.2) is 0 Å². The second-order valence-electron chi connectivity index (χ2n) is 4.22. The fourth-order valence-corrected chi connectivity index (χ4v) is 4.42. The number of sulfonamides is 1. The van der Waals surface area contributed by atoms with E-state index >= 15 is 0 Å². The molecule has 1 aromatic carbocycles. The summed E-state index contributed by atoms with van der Waals surface area (Å²) in [5.74, 6) is 0. The lowest BCUT2D eigenvalue weighted by Gasteiger charge is -2.11. The third kappa shape index (κ3) is 5.12. The third-order valence-corrected chi connectivity index (χ3v) is 7.07. The van der Waals surface area contributed by atoms with E-state index in [-0.39, 0.29) is 4.90 Å². The van der Waals surface area contributed by atoms with Gasteiger partial charge < -0.3 is 0 Å². The molecular formula is C12H16Br3NO2S. The molecule has 1 unspecified atom stereocenters. The van der Waals surface area contributed by atoms with E-state index in [1.54, 1.807) is 12.1 Å². The zero-order chi connectivity index (χ0) is 14.6. The van der Waals surface area contributed by atoms with Gasteiger partial charge in [-0.1, -0.05) is 38.8 Å². The smallest absolute Gasteiger partial charge is 0.211 e. The van der Waals surface area contributed by atoms with Crippen LogP contribution in [-0.4, -0.2) is 19.8 Å². The van der Waals surface area contributed by atoms with Gasteiger partial charge in [-0.2, -0.15) is 0 Å². The maximum absolute atomic E-state index is 12.2. The van der Waals surface area contributed by atoms with E-state index in [2.05, 4.69) is 59.4 Å². The molecule has 19 heavy (non-hydrogen) atoms. The highest BCUT2D eigenvalue weighted by Crippen LogP contribution is 2.28. The van der Waals surface area contributed by atoms with Crippen molar-refractivity contribution in [2.24, 2.45) is 0 Å². The lowest BCUT2D eigenvalue weighted by atomic mass is 10.2. The van der Waals surface area contributed by atoms with E-state index in [1.807, 2.05) is 6.92 Å². The molecule has 0 bridgehead atoms. The molecule has 0 aliphatic heterocycles. The number of alkyl halides is 1. The lowest BCUT2D eigenvalue weighted by molar-refractivity contribution is 0.577. The van der Waals surface area contributed by atoms with E-state index < -0.39 is 10.0 Å². The SMILES string of the molecule is CCC(Br)CCNS(=O)(=O)c1cc(Br)c(C)cc1Br. The van der Waals surface area contributed by atoms with E-state index in [0.717, 1.165) is 22.9 Å². The number of hydrogen-bond donors (Lipinski definition) is 1. The zero-order valence-electron chi connectivity index (χ0n) is 10.7. The van der Waals surface area contributed by atoms with Gasteiger partial charge in [0, 0.05) is 20.3 Å². The van der Waals surface area contributed by atoms with Gasteiger partial charge in [-0.05, 0) is 53.4 Å². The Bertz CT molecular complexity index is 546. The molecule has 1 rings (SSSR count). The van der Waals surface area contributed by atoms with Crippen molar-refractivity contribution in [3.05, 3.63) is 26.6 Å². The average Bonchev–Trinajstić information content (AvgIpc) is 2.33. The van der Waals surface area contributed by atoms with Gasteiger partial charge in [-0.3, -0.25) is 0 Å². The minimum Gasteiger partial charge on any atom is -0.211 e. The first-order valence-corrected chi connectivity index (χ1v) is 9.85. The summed E-state index contributed by atoms with van der Waals surface area (Å²) in [7, 11) is -3.48. The Morgan fingerprint density at radius 1 is 1.26 bits per heavy atom. The number of nitrogens with one attached hydrogen (secondary N) is 1. The maximum Gasteiger partial charge on any atom is 0.241 e. The quantitative estimate of drug-likeness (QED) is 0.619. The largest absolute Gasteiger partial charge is 0.241 e. The summed E-state index contributed by atoms with van der Waals surface area (Å²) in [6.07, 6.45) is 1.74.